The molecule has 19 heavy (non-hydrogen) atoms. The fourth-order valence-electron chi connectivity index (χ4n) is 1.59. The Kier molecular flexibility index (Phi) is 3.62. The number of carbonyl (C=O) groups is 3. The van der Waals surface area contributed by atoms with Crippen molar-refractivity contribution in [3.63, 3.8) is 0 Å². The summed E-state index contributed by atoms with van der Waals surface area (Å²) < 4.78 is 9.19. The van der Waals surface area contributed by atoms with Gasteiger partial charge in [0.15, 0.2) is 0 Å². The van der Waals surface area contributed by atoms with E-state index in [1.165, 1.54) is 12.1 Å². The Balaban J connectivity index is 2.14. The van der Waals surface area contributed by atoms with Crippen LogP contribution in [0.4, 0.5) is 0 Å². The maximum absolute atomic E-state index is 11.3. The van der Waals surface area contributed by atoms with Crippen LogP contribution in [0.25, 0.3) is 0 Å². The molecule has 2 rings (SSSR count). The molecular formula is C14H10O5. The third-order valence-corrected chi connectivity index (χ3v) is 2.42. The Hall–Kier alpha value is -2.61. The second-order valence-electron chi connectivity index (χ2n) is 3.72. The molecule has 0 fully saturated rings. The Labute approximate surface area is 109 Å². The summed E-state index contributed by atoms with van der Waals surface area (Å²) in [6.45, 7) is 2.03. The summed E-state index contributed by atoms with van der Waals surface area (Å²) in [6.07, 6.45) is -0.0195. The summed E-state index contributed by atoms with van der Waals surface area (Å²) in [6, 6.07) is 4.55. The highest BCUT2D eigenvalue weighted by Crippen LogP contribution is 2.20. The maximum Gasteiger partial charge on any atom is 0.346 e. The molecule has 0 amide bonds. The summed E-state index contributed by atoms with van der Waals surface area (Å²) in [5.74, 6) is 3.65. The lowest BCUT2D eigenvalue weighted by molar-refractivity contribution is -0.141. The van der Waals surface area contributed by atoms with Crippen LogP contribution < -0.4 is 0 Å². The van der Waals surface area contributed by atoms with Crippen LogP contribution in [0, 0.1) is 11.8 Å². The average Bonchev–Trinajstić information content (AvgIpc) is 2.65. The predicted octanol–water partition coefficient (Wildman–Crippen LogP) is 1.30. The number of benzene rings is 1. The van der Waals surface area contributed by atoms with Crippen LogP contribution in [0.1, 0.15) is 39.6 Å². The van der Waals surface area contributed by atoms with E-state index < -0.39 is 17.9 Å². The van der Waals surface area contributed by atoms with Crippen molar-refractivity contribution >= 4 is 17.9 Å². The highest BCUT2D eigenvalue weighted by Gasteiger charge is 2.29. The number of carbonyl (C=O) groups excluding carboxylic acids is 3. The quantitative estimate of drug-likeness (QED) is 0.454. The molecular weight excluding hydrogens is 248 g/mol. The zero-order chi connectivity index (χ0) is 13.8. The number of hydrogen-bond acceptors (Lipinski definition) is 5. The van der Waals surface area contributed by atoms with Crippen molar-refractivity contribution in [1.29, 1.82) is 0 Å². The monoisotopic (exact) mass is 258 g/mol. The van der Waals surface area contributed by atoms with Gasteiger partial charge in [0.05, 0.1) is 17.7 Å². The molecule has 5 nitrogen and oxygen atoms in total. The first kappa shape index (κ1) is 12.8. The fourth-order valence-corrected chi connectivity index (χ4v) is 1.59. The van der Waals surface area contributed by atoms with Crippen molar-refractivity contribution in [3.05, 3.63) is 34.9 Å². The number of ether oxygens (including phenoxy) is 2. The van der Waals surface area contributed by atoms with Gasteiger partial charge >= 0.3 is 17.9 Å². The van der Waals surface area contributed by atoms with Gasteiger partial charge < -0.3 is 9.47 Å². The minimum atomic E-state index is -0.672. The van der Waals surface area contributed by atoms with Crippen molar-refractivity contribution in [2.24, 2.45) is 0 Å². The SMILES string of the molecule is CCOC(=O)CC#Cc1ccc2c(c1)C(=O)OC2=O. The van der Waals surface area contributed by atoms with Gasteiger partial charge in [0, 0.05) is 5.56 Å². The molecule has 0 radical (unpaired) electrons. The second-order valence-corrected chi connectivity index (χ2v) is 3.72. The molecule has 1 aromatic rings. The zero-order valence-corrected chi connectivity index (χ0v) is 10.2. The average molecular weight is 258 g/mol. The Morgan fingerprint density at radius 2 is 2.00 bits per heavy atom. The third-order valence-electron chi connectivity index (χ3n) is 2.42. The largest absolute Gasteiger partial charge is 0.465 e. The summed E-state index contributed by atoms with van der Waals surface area (Å²) >= 11 is 0. The smallest absolute Gasteiger partial charge is 0.346 e. The van der Waals surface area contributed by atoms with Gasteiger partial charge in [-0.05, 0) is 25.1 Å². The highest BCUT2D eigenvalue weighted by atomic mass is 16.6. The van der Waals surface area contributed by atoms with Crippen molar-refractivity contribution < 1.29 is 23.9 Å². The van der Waals surface area contributed by atoms with Crippen LogP contribution in [-0.4, -0.2) is 24.5 Å². The van der Waals surface area contributed by atoms with Crippen LogP contribution >= 0.6 is 0 Å². The molecule has 0 bridgehead atoms. The number of rotatable bonds is 2. The van der Waals surface area contributed by atoms with E-state index in [1.807, 2.05) is 0 Å². The molecule has 96 valence electrons. The molecule has 0 saturated heterocycles. The predicted molar refractivity (Wildman–Crippen MR) is 64.3 cm³/mol. The molecule has 1 aliphatic rings. The van der Waals surface area contributed by atoms with Crippen LogP contribution in [-0.2, 0) is 14.3 Å². The summed E-state index contributed by atoms with van der Waals surface area (Å²) in [5.41, 5.74) is 0.976. The molecule has 0 atom stereocenters. The lowest BCUT2D eigenvalue weighted by Crippen LogP contribution is -2.01. The van der Waals surface area contributed by atoms with Gasteiger partial charge in [-0.3, -0.25) is 4.79 Å². The number of hydrogen-bond donors (Lipinski definition) is 0. The first-order valence-corrected chi connectivity index (χ1v) is 5.67. The van der Waals surface area contributed by atoms with E-state index in [0.717, 1.165) is 0 Å². The fraction of sp³-hybridized carbons (Fsp3) is 0.214. The van der Waals surface area contributed by atoms with Crippen molar-refractivity contribution in [2.45, 2.75) is 13.3 Å². The molecule has 1 heterocycles. The van der Waals surface area contributed by atoms with Gasteiger partial charge in [0.25, 0.3) is 0 Å². The molecule has 0 aliphatic carbocycles. The molecule has 0 saturated carbocycles. The van der Waals surface area contributed by atoms with Crippen molar-refractivity contribution in [3.8, 4) is 11.8 Å². The van der Waals surface area contributed by atoms with Crippen LogP contribution in [0.3, 0.4) is 0 Å². The number of esters is 3. The summed E-state index contributed by atoms with van der Waals surface area (Å²) in [7, 11) is 0. The van der Waals surface area contributed by atoms with E-state index in [2.05, 4.69) is 16.6 Å². The lowest BCUT2D eigenvalue weighted by Gasteiger charge is -1.95. The standard InChI is InChI=1S/C14H10O5/c1-2-18-12(15)5-3-4-9-6-7-10-11(8-9)14(17)19-13(10)16/h6-8H,2,5H2,1H3. The minimum absolute atomic E-state index is 0.0195. The van der Waals surface area contributed by atoms with Gasteiger partial charge in [-0.25, -0.2) is 9.59 Å². The molecule has 0 unspecified atom stereocenters. The van der Waals surface area contributed by atoms with Crippen LogP contribution in [0.5, 0.6) is 0 Å². The van der Waals surface area contributed by atoms with E-state index in [0.29, 0.717) is 12.2 Å². The van der Waals surface area contributed by atoms with E-state index in [-0.39, 0.29) is 17.5 Å². The minimum Gasteiger partial charge on any atom is -0.465 e. The first-order valence-electron chi connectivity index (χ1n) is 5.67. The van der Waals surface area contributed by atoms with Gasteiger partial charge in [-0.15, -0.1) is 0 Å². The van der Waals surface area contributed by atoms with Gasteiger partial charge in [-0.1, -0.05) is 11.8 Å². The molecule has 1 aromatic carbocycles. The van der Waals surface area contributed by atoms with E-state index in [1.54, 1.807) is 13.0 Å². The van der Waals surface area contributed by atoms with E-state index in [9.17, 15) is 14.4 Å². The van der Waals surface area contributed by atoms with E-state index >= 15 is 0 Å². The maximum atomic E-state index is 11.3. The Morgan fingerprint density at radius 3 is 2.74 bits per heavy atom. The van der Waals surface area contributed by atoms with Crippen molar-refractivity contribution in [2.75, 3.05) is 6.61 Å². The number of cyclic esters (lactones) is 2. The third kappa shape index (κ3) is 2.80. The Bertz CT molecular complexity index is 618. The zero-order valence-electron chi connectivity index (χ0n) is 10.2. The number of fused-ring (bicyclic) bond motifs is 1. The Morgan fingerprint density at radius 1 is 1.26 bits per heavy atom. The second kappa shape index (κ2) is 5.36. The lowest BCUT2D eigenvalue weighted by atomic mass is 10.1. The molecule has 1 aliphatic heterocycles. The van der Waals surface area contributed by atoms with Gasteiger partial charge in [-0.2, -0.15) is 0 Å². The van der Waals surface area contributed by atoms with Gasteiger partial charge in [0.2, 0.25) is 0 Å². The molecule has 0 N–H and O–H groups in total. The van der Waals surface area contributed by atoms with Crippen LogP contribution in [0.15, 0.2) is 18.2 Å². The summed E-state index contributed by atoms with van der Waals surface area (Å²) in [4.78, 5) is 33.6. The van der Waals surface area contributed by atoms with E-state index in [4.69, 9.17) is 4.74 Å². The van der Waals surface area contributed by atoms with Gasteiger partial charge in [0.1, 0.15) is 6.42 Å². The normalized spacial score (nSPS) is 12.3. The van der Waals surface area contributed by atoms with Crippen LogP contribution in [0.2, 0.25) is 0 Å². The first-order chi connectivity index (χ1) is 9.11. The topological polar surface area (TPSA) is 69.7 Å². The molecule has 5 heteroatoms. The van der Waals surface area contributed by atoms with Crippen molar-refractivity contribution in [1.82, 2.24) is 0 Å². The molecule has 0 aromatic heterocycles. The summed E-state index contributed by atoms with van der Waals surface area (Å²) in [5, 5.41) is 0. The molecule has 0 spiro atoms. The highest BCUT2D eigenvalue weighted by molar-refractivity contribution is 6.14.